The molecule has 0 N–H and O–H groups in total. The average Bonchev–Trinajstić information content (AvgIpc) is 2.75. The average molecular weight is 258 g/mol. The predicted octanol–water partition coefficient (Wildman–Crippen LogP) is 3.33. The first kappa shape index (κ1) is 12.7. The Kier molecular flexibility index (Phi) is 5.61. The van der Waals surface area contributed by atoms with Gasteiger partial charge in [-0.3, -0.25) is 4.79 Å². The van der Waals surface area contributed by atoms with E-state index in [4.69, 9.17) is 20.9 Å². The SMILES string of the molecule is Clc1ccccc1Cc1ccon1.O=CCl. The van der Waals surface area contributed by atoms with Gasteiger partial charge in [0.2, 0.25) is 5.75 Å². The molecule has 1 aromatic heterocycles. The lowest BCUT2D eigenvalue weighted by Gasteiger charge is -1.99. The van der Waals surface area contributed by atoms with E-state index in [-0.39, 0.29) is 5.75 Å². The van der Waals surface area contributed by atoms with Crippen LogP contribution < -0.4 is 0 Å². The smallest absolute Gasteiger partial charge is 0.208 e. The Morgan fingerprint density at radius 2 is 2.00 bits per heavy atom. The second-order valence-electron chi connectivity index (χ2n) is 2.85. The number of aromatic nitrogens is 1. The summed E-state index contributed by atoms with van der Waals surface area (Å²) < 4.78 is 4.73. The summed E-state index contributed by atoms with van der Waals surface area (Å²) in [4.78, 5) is 8.57. The molecule has 0 spiro atoms. The van der Waals surface area contributed by atoms with E-state index in [0.717, 1.165) is 22.7 Å². The second kappa shape index (κ2) is 7.04. The van der Waals surface area contributed by atoms with Crippen molar-refractivity contribution in [3.8, 4) is 0 Å². The van der Waals surface area contributed by atoms with Crippen molar-refractivity contribution < 1.29 is 9.32 Å². The van der Waals surface area contributed by atoms with Crippen LogP contribution >= 0.6 is 23.2 Å². The summed E-state index contributed by atoms with van der Waals surface area (Å²) in [5, 5.41) is 4.59. The second-order valence-corrected chi connectivity index (χ2v) is 3.43. The number of nitrogens with zero attached hydrogens (tertiary/aromatic N) is 1. The van der Waals surface area contributed by atoms with Crippen LogP contribution in [-0.4, -0.2) is 10.9 Å². The van der Waals surface area contributed by atoms with Crippen molar-refractivity contribution in [3.63, 3.8) is 0 Å². The third-order valence-electron chi connectivity index (χ3n) is 1.82. The summed E-state index contributed by atoms with van der Waals surface area (Å²) in [7, 11) is 0. The summed E-state index contributed by atoms with van der Waals surface area (Å²) in [5.74, 6) is 0.222. The predicted molar refractivity (Wildman–Crippen MR) is 63.4 cm³/mol. The van der Waals surface area contributed by atoms with Crippen LogP contribution in [0.4, 0.5) is 0 Å². The highest BCUT2D eigenvalue weighted by Gasteiger charge is 2.02. The van der Waals surface area contributed by atoms with Gasteiger partial charge in [0, 0.05) is 17.5 Å². The van der Waals surface area contributed by atoms with E-state index in [1.54, 1.807) is 6.26 Å². The van der Waals surface area contributed by atoms with Crippen LogP contribution in [0.1, 0.15) is 11.3 Å². The van der Waals surface area contributed by atoms with Crippen molar-refractivity contribution in [1.82, 2.24) is 5.16 Å². The van der Waals surface area contributed by atoms with Gasteiger partial charge in [-0.15, -0.1) is 0 Å². The first-order valence-corrected chi connectivity index (χ1v) is 5.26. The van der Waals surface area contributed by atoms with E-state index in [1.807, 2.05) is 30.3 Å². The third kappa shape index (κ3) is 4.04. The van der Waals surface area contributed by atoms with Crippen LogP contribution in [0.3, 0.4) is 0 Å². The maximum absolute atomic E-state index is 8.57. The fraction of sp³-hybridized carbons (Fsp3) is 0.0909. The van der Waals surface area contributed by atoms with Crippen molar-refractivity contribution in [2.24, 2.45) is 0 Å². The van der Waals surface area contributed by atoms with Gasteiger partial charge in [0.15, 0.2) is 0 Å². The molecule has 2 rings (SSSR count). The Balaban J connectivity index is 0.000000386. The van der Waals surface area contributed by atoms with Crippen molar-refractivity contribution in [3.05, 3.63) is 52.9 Å². The number of carbonyl (C=O) groups is 1. The molecule has 0 radical (unpaired) electrons. The van der Waals surface area contributed by atoms with Crippen molar-refractivity contribution in [2.45, 2.75) is 6.42 Å². The van der Waals surface area contributed by atoms with E-state index in [0.29, 0.717) is 0 Å². The van der Waals surface area contributed by atoms with Crippen LogP contribution in [0.15, 0.2) is 41.1 Å². The molecule has 2 aromatic rings. The van der Waals surface area contributed by atoms with Gasteiger partial charge in [0.05, 0.1) is 5.69 Å². The van der Waals surface area contributed by atoms with Crippen molar-refractivity contribution in [2.75, 3.05) is 0 Å². The van der Waals surface area contributed by atoms with Gasteiger partial charge in [0.1, 0.15) is 6.26 Å². The first-order valence-electron chi connectivity index (χ1n) is 4.44. The minimum atomic E-state index is 0.222. The van der Waals surface area contributed by atoms with Crippen LogP contribution in [0.2, 0.25) is 5.02 Å². The van der Waals surface area contributed by atoms with Gasteiger partial charge < -0.3 is 4.52 Å². The summed E-state index contributed by atoms with van der Waals surface area (Å²) >= 11 is 10.3. The lowest BCUT2D eigenvalue weighted by Crippen LogP contribution is -1.88. The fourth-order valence-electron chi connectivity index (χ4n) is 1.17. The van der Waals surface area contributed by atoms with E-state index in [9.17, 15) is 0 Å². The van der Waals surface area contributed by atoms with Crippen molar-refractivity contribution >= 4 is 28.9 Å². The number of halogens is 2. The molecule has 0 saturated heterocycles. The molecule has 0 bridgehead atoms. The van der Waals surface area contributed by atoms with Crippen molar-refractivity contribution in [1.29, 1.82) is 0 Å². The molecule has 0 atom stereocenters. The molecule has 84 valence electrons. The molecule has 1 heterocycles. The zero-order valence-corrected chi connectivity index (χ0v) is 9.78. The maximum atomic E-state index is 8.57. The number of benzene rings is 1. The highest BCUT2D eigenvalue weighted by Crippen LogP contribution is 2.17. The molecular formula is C11H9Cl2NO2. The highest BCUT2D eigenvalue weighted by molar-refractivity contribution is 6.54. The van der Waals surface area contributed by atoms with Crippen LogP contribution in [0, 0.1) is 0 Å². The molecule has 0 aliphatic rings. The zero-order chi connectivity index (χ0) is 11.8. The fourth-order valence-corrected chi connectivity index (χ4v) is 1.37. The molecule has 0 aliphatic carbocycles. The van der Waals surface area contributed by atoms with Crippen LogP contribution in [0.25, 0.3) is 0 Å². The Bertz CT molecular complexity index is 429. The Labute approximate surface area is 103 Å². The van der Waals surface area contributed by atoms with E-state index in [2.05, 4.69) is 16.8 Å². The maximum Gasteiger partial charge on any atom is 0.208 e. The van der Waals surface area contributed by atoms with Crippen LogP contribution in [-0.2, 0) is 11.2 Å². The number of carbonyl (C=O) groups excluding carboxylic acids is 1. The lowest BCUT2D eigenvalue weighted by molar-refractivity contribution is 0.413. The normalized spacial score (nSPS) is 9.12. The monoisotopic (exact) mass is 257 g/mol. The molecule has 0 saturated carbocycles. The zero-order valence-electron chi connectivity index (χ0n) is 8.27. The molecule has 1 aromatic carbocycles. The Morgan fingerprint density at radius 1 is 1.31 bits per heavy atom. The van der Waals surface area contributed by atoms with E-state index >= 15 is 0 Å². The van der Waals surface area contributed by atoms with E-state index < -0.39 is 0 Å². The molecule has 0 aliphatic heterocycles. The minimum absolute atomic E-state index is 0.222. The number of hydrogen-bond donors (Lipinski definition) is 0. The van der Waals surface area contributed by atoms with Gasteiger partial charge in [-0.1, -0.05) is 35.0 Å². The molecule has 16 heavy (non-hydrogen) atoms. The summed E-state index contributed by atoms with van der Waals surface area (Å²) in [6.07, 6.45) is 2.28. The number of hydrogen-bond acceptors (Lipinski definition) is 3. The van der Waals surface area contributed by atoms with Gasteiger partial charge >= 0.3 is 0 Å². The molecule has 5 heteroatoms. The third-order valence-corrected chi connectivity index (χ3v) is 2.19. The summed E-state index contributed by atoms with van der Waals surface area (Å²) in [6, 6.07) is 9.56. The summed E-state index contributed by atoms with van der Waals surface area (Å²) in [6.45, 7) is 0. The van der Waals surface area contributed by atoms with Gasteiger partial charge in [-0.2, -0.15) is 0 Å². The molecule has 3 nitrogen and oxygen atoms in total. The number of rotatable bonds is 2. The highest BCUT2D eigenvalue weighted by atomic mass is 35.5. The standard InChI is InChI=1S/C10H8ClNO.CHClO/c11-10-4-2-1-3-8(10)7-9-5-6-13-12-9;2-1-3/h1-6H,7H2;1H. The first-order chi connectivity index (χ1) is 7.77. The van der Waals surface area contributed by atoms with E-state index in [1.165, 1.54) is 0 Å². The molecule has 0 fully saturated rings. The largest absolute Gasteiger partial charge is 0.365 e. The van der Waals surface area contributed by atoms with Gasteiger partial charge in [-0.05, 0) is 23.2 Å². The Hall–Kier alpha value is -1.32. The lowest BCUT2D eigenvalue weighted by atomic mass is 10.1. The minimum Gasteiger partial charge on any atom is -0.365 e. The summed E-state index contributed by atoms with van der Waals surface area (Å²) in [5.41, 5.74) is 1.96. The Morgan fingerprint density at radius 3 is 2.56 bits per heavy atom. The topological polar surface area (TPSA) is 43.1 Å². The van der Waals surface area contributed by atoms with Gasteiger partial charge in [-0.25, -0.2) is 0 Å². The van der Waals surface area contributed by atoms with Crippen LogP contribution in [0.5, 0.6) is 0 Å². The molecule has 0 amide bonds. The molecule has 0 unspecified atom stereocenters. The quantitative estimate of drug-likeness (QED) is 0.612. The van der Waals surface area contributed by atoms with Gasteiger partial charge in [0.25, 0.3) is 0 Å². The molecular weight excluding hydrogens is 249 g/mol.